The summed E-state index contributed by atoms with van der Waals surface area (Å²) in [7, 11) is 1.74. The standard InChI is InChI=1S/C14H20F2N2O/c1-17-8-11-6-12(15)14(13(16)7-11)18-4-2-10(9-19)3-5-18/h6-7,10,17,19H,2-5,8-9H2,1H3. The molecule has 1 heterocycles. The van der Waals surface area contributed by atoms with Crippen molar-refractivity contribution in [2.75, 3.05) is 31.6 Å². The van der Waals surface area contributed by atoms with Gasteiger partial charge < -0.3 is 15.3 Å². The Bertz CT molecular complexity index is 408. The number of aliphatic hydroxyl groups excluding tert-OH is 1. The Balaban J connectivity index is 2.16. The Morgan fingerprint density at radius 1 is 1.26 bits per heavy atom. The van der Waals surface area contributed by atoms with Gasteiger partial charge in [-0.15, -0.1) is 0 Å². The van der Waals surface area contributed by atoms with E-state index in [1.807, 2.05) is 0 Å². The van der Waals surface area contributed by atoms with Crippen LogP contribution in [0.3, 0.4) is 0 Å². The van der Waals surface area contributed by atoms with Gasteiger partial charge >= 0.3 is 0 Å². The van der Waals surface area contributed by atoms with Crippen LogP contribution in [0.4, 0.5) is 14.5 Å². The largest absolute Gasteiger partial charge is 0.396 e. The van der Waals surface area contributed by atoms with E-state index in [1.165, 1.54) is 12.1 Å². The normalized spacial score (nSPS) is 16.9. The van der Waals surface area contributed by atoms with Gasteiger partial charge in [-0.1, -0.05) is 0 Å². The molecule has 0 atom stereocenters. The van der Waals surface area contributed by atoms with Crippen LogP contribution >= 0.6 is 0 Å². The SMILES string of the molecule is CNCc1cc(F)c(N2CCC(CO)CC2)c(F)c1. The van der Waals surface area contributed by atoms with Gasteiger partial charge in [0.25, 0.3) is 0 Å². The average molecular weight is 270 g/mol. The van der Waals surface area contributed by atoms with E-state index in [0.717, 1.165) is 12.8 Å². The number of rotatable bonds is 4. The smallest absolute Gasteiger partial charge is 0.149 e. The number of anilines is 1. The molecule has 2 rings (SSSR count). The Labute approximate surface area is 112 Å². The molecule has 0 unspecified atom stereocenters. The molecule has 106 valence electrons. The first-order valence-corrected chi connectivity index (χ1v) is 6.64. The second-order valence-electron chi connectivity index (χ2n) is 5.05. The third-order valence-corrected chi connectivity index (χ3v) is 3.65. The van der Waals surface area contributed by atoms with Crippen molar-refractivity contribution in [2.24, 2.45) is 5.92 Å². The molecule has 5 heteroatoms. The lowest BCUT2D eigenvalue weighted by atomic mass is 9.97. The fourth-order valence-corrected chi connectivity index (χ4v) is 2.57. The van der Waals surface area contributed by atoms with Gasteiger partial charge in [0.2, 0.25) is 0 Å². The summed E-state index contributed by atoms with van der Waals surface area (Å²) in [6.07, 6.45) is 1.54. The van der Waals surface area contributed by atoms with Crippen LogP contribution in [0.1, 0.15) is 18.4 Å². The van der Waals surface area contributed by atoms with Crippen LogP contribution in [0.15, 0.2) is 12.1 Å². The third-order valence-electron chi connectivity index (χ3n) is 3.65. The number of piperidine rings is 1. The van der Waals surface area contributed by atoms with Crippen molar-refractivity contribution >= 4 is 5.69 Å². The molecule has 0 spiro atoms. The molecule has 1 aromatic rings. The van der Waals surface area contributed by atoms with Crippen molar-refractivity contribution in [3.8, 4) is 0 Å². The zero-order valence-electron chi connectivity index (χ0n) is 11.1. The molecule has 2 N–H and O–H groups in total. The first kappa shape index (κ1) is 14.2. The van der Waals surface area contributed by atoms with Gasteiger partial charge in [-0.3, -0.25) is 0 Å². The molecule has 0 bridgehead atoms. The maximum atomic E-state index is 14.0. The van der Waals surface area contributed by atoms with Gasteiger partial charge in [-0.25, -0.2) is 8.78 Å². The minimum Gasteiger partial charge on any atom is -0.396 e. The predicted molar refractivity (Wildman–Crippen MR) is 71.1 cm³/mol. The summed E-state index contributed by atoms with van der Waals surface area (Å²) in [4.78, 5) is 1.74. The van der Waals surface area contributed by atoms with Crippen LogP contribution < -0.4 is 10.2 Å². The quantitative estimate of drug-likeness (QED) is 0.877. The zero-order chi connectivity index (χ0) is 13.8. The van der Waals surface area contributed by atoms with Crippen LogP contribution in [0.5, 0.6) is 0 Å². The maximum absolute atomic E-state index is 14.0. The topological polar surface area (TPSA) is 35.5 Å². The van der Waals surface area contributed by atoms with Crippen molar-refractivity contribution in [1.29, 1.82) is 0 Å². The van der Waals surface area contributed by atoms with E-state index in [2.05, 4.69) is 5.32 Å². The van der Waals surface area contributed by atoms with E-state index in [9.17, 15) is 8.78 Å². The minimum atomic E-state index is -0.507. The third kappa shape index (κ3) is 3.22. The van der Waals surface area contributed by atoms with Crippen molar-refractivity contribution < 1.29 is 13.9 Å². The Morgan fingerprint density at radius 3 is 2.32 bits per heavy atom. The number of hydrogen-bond acceptors (Lipinski definition) is 3. The van der Waals surface area contributed by atoms with Crippen LogP contribution in [0.25, 0.3) is 0 Å². The van der Waals surface area contributed by atoms with E-state index < -0.39 is 11.6 Å². The average Bonchev–Trinajstić information content (AvgIpc) is 2.39. The van der Waals surface area contributed by atoms with Gasteiger partial charge in [0.15, 0.2) is 0 Å². The summed E-state index contributed by atoms with van der Waals surface area (Å²) < 4.78 is 28.1. The van der Waals surface area contributed by atoms with Crippen LogP contribution in [0, 0.1) is 17.6 Å². The van der Waals surface area contributed by atoms with Gasteiger partial charge in [0, 0.05) is 26.2 Å². The minimum absolute atomic E-state index is 0.0660. The molecular weight excluding hydrogens is 250 g/mol. The number of hydrogen-bond donors (Lipinski definition) is 2. The molecule has 1 saturated heterocycles. The van der Waals surface area contributed by atoms with E-state index in [4.69, 9.17) is 5.11 Å². The van der Waals surface area contributed by atoms with Crippen LogP contribution in [-0.4, -0.2) is 31.9 Å². The number of benzene rings is 1. The number of nitrogens with one attached hydrogen (secondary N) is 1. The highest BCUT2D eigenvalue weighted by Gasteiger charge is 2.23. The first-order valence-electron chi connectivity index (χ1n) is 6.64. The van der Waals surface area contributed by atoms with Crippen molar-refractivity contribution in [2.45, 2.75) is 19.4 Å². The molecule has 1 aromatic carbocycles. The monoisotopic (exact) mass is 270 g/mol. The Morgan fingerprint density at radius 2 is 1.84 bits per heavy atom. The molecule has 0 amide bonds. The Kier molecular flexibility index (Phi) is 4.71. The summed E-state index contributed by atoms with van der Waals surface area (Å²) in [5.74, 6) is -0.758. The molecule has 0 aliphatic carbocycles. The van der Waals surface area contributed by atoms with E-state index in [0.29, 0.717) is 25.2 Å². The van der Waals surface area contributed by atoms with Gasteiger partial charge in [-0.2, -0.15) is 0 Å². The van der Waals surface area contributed by atoms with Gasteiger partial charge in [-0.05, 0) is 43.5 Å². The highest BCUT2D eigenvalue weighted by molar-refractivity contribution is 5.51. The highest BCUT2D eigenvalue weighted by Crippen LogP contribution is 2.29. The molecular formula is C14H20F2N2O. The number of halogens is 2. The molecule has 1 fully saturated rings. The fourth-order valence-electron chi connectivity index (χ4n) is 2.57. The molecule has 3 nitrogen and oxygen atoms in total. The highest BCUT2D eigenvalue weighted by atomic mass is 19.1. The van der Waals surface area contributed by atoms with Crippen molar-refractivity contribution in [3.63, 3.8) is 0 Å². The summed E-state index contributed by atoms with van der Waals surface area (Å²) in [5.41, 5.74) is 0.669. The number of aliphatic hydroxyl groups is 1. The molecule has 19 heavy (non-hydrogen) atoms. The van der Waals surface area contributed by atoms with Gasteiger partial charge in [0.05, 0.1) is 0 Å². The maximum Gasteiger partial charge on any atom is 0.149 e. The predicted octanol–water partition coefficient (Wildman–Crippen LogP) is 1.89. The van der Waals surface area contributed by atoms with E-state index in [1.54, 1.807) is 11.9 Å². The first-order chi connectivity index (χ1) is 9.15. The lowest BCUT2D eigenvalue weighted by Gasteiger charge is -2.33. The molecule has 1 aliphatic heterocycles. The molecule has 0 saturated carbocycles. The Hall–Kier alpha value is -1.20. The molecule has 0 radical (unpaired) electrons. The second kappa shape index (κ2) is 6.30. The van der Waals surface area contributed by atoms with E-state index >= 15 is 0 Å². The molecule has 1 aliphatic rings. The lowest BCUT2D eigenvalue weighted by molar-refractivity contribution is 0.202. The lowest BCUT2D eigenvalue weighted by Crippen LogP contribution is -2.36. The van der Waals surface area contributed by atoms with E-state index in [-0.39, 0.29) is 18.2 Å². The van der Waals surface area contributed by atoms with Crippen molar-refractivity contribution in [1.82, 2.24) is 5.32 Å². The summed E-state index contributed by atoms with van der Waals surface area (Å²) in [5, 5.41) is 12.0. The zero-order valence-corrected chi connectivity index (χ0v) is 11.1. The number of nitrogens with zero attached hydrogens (tertiary/aromatic N) is 1. The second-order valence-corrected chi connectivity index (χ2v) is 5.05. The summed E-state index contributed by atoms with van der Waals surface area (Å²) in [6.45, 7) is 1.77. The van der Waals surface area contributed by atoms with Crippen molar-refractivity contribution in [3.05, 3.63) is 29.3 Å². The van der Waals surface area contributed by atoms with Crippen LogP contribution in [0.2, 0.25) is 0 Å². The fraction of sp³-hybridized carbons (Fsp3) is 0.571. The van der Waals surface area contributed by atoms with Crippen LogP contribution in [-0.2, 0) is 6.54 Å². The molecule has 0 aromatic heterocycles. The summed E-state index contributed by atoms with van der Waals surface area (Å²) >= 11 is 0. The van der Waals surface area contributed by atoms with Gasteiger partial charge in [0.1, 0.15) is 17.3 Å². The summed E-state index contributed by atoms with van der Waals surface area (Å²) in [6, 6.07) is 2.76.